The molecular formula is C16H13N3O3. The second-order valence-electron chi connectivity index (χ2n) is 4.56. The fraction of sp³-hybridized carbons (Fsp3) is 0.0625. The summed E-state index contributed by atoms with van der Waals surface area (Å²) >= 11 is 0. The standard InChI is InChI=1S/C16H13N3O3/c17-10-11-5-4-8-13(9-11)15(20)19(18)14(16(21)22)12-6-2-1-3-7-12/h1-9,14H,18H2,(H,21,22)/t14-/m1/s1. The van der Waals surface area contributed by atoms with Crippen molar-refractivity contribution in [1.82, 2.24) is 5.01 Å². The van der Waals surface area contributed by atoms with E-state index in [0.29, 0.717) is 16.1 Å². The molecule has 2 rings (SSSR count). The van der Waals surface area contributed by atoms with E-state index >= 15 is 0 Å². The number of benzene rings is 2. The zero-order chi connectivity index (χ0) is 16.1. The van der Waals surface area contributed by atoms with Crippen molar-refractivity contribution < 1.29 is 14.7 Å². The molecule has 0 heterocycles. The molecule has 0 aliphatic rings. The number of amides is 1. The smallest absolute Gasteiger partial charge is 0.332 e. The minimum absolute atomic E-state index is 0.156. The number of rotatable bonds is 4. The highest BCUT2D eigenvalue weighted by Crippen LogP contribution is 2.20. The highest BCUT2D eigenvalue weighted by molar-refractivity contribution is 5.96. The van der Waals surface area contributed by atoms with Gasteiger partial charge in [-0.25, -0.2) is 10.6 Å². The summed E-state index contributed by atoms with van der Waals surface area (Å²) in [5.74, 6) is 3.83. The zero-order valence-electron chi connectivity index (χ0n) is 11.5. The molecule has 6 heteroatoms. The molecule has 6 nitrogen and oxygen atoms in total. The number of hydrogen-bond acceptors (Lipinski definition) is 4. The van der Waals surface area contributed by atoms with Crippen LogP contribution in [0.5, 0.6) is 0 Å². The molecule has 22 heavy (non-hydrogen) atoms. The number of carbonyl (C=O) groups excluding carboxylic acids is 1. The Bertz CT molecular complexity index is 738. The predicted molar refractivity (Wildman–Crippen MR) is 78.3 cm³/mol. The van der Waals surface area contributed by atoms with Gasteiger partial charge in [0.1, 0.15) is 0 Å². The van der Waals surface area contributed by atoms with Crippen molar-refractivity contribution in [2.24, 2.45) is 5.84 Å². The number of nitriles is 1. The van der Waals surface area contributed by atoms with Crippen LogP contribution in [0, 0.1) is 11.3 Å². The normalized spacial score (nSPS) is 11.3. The van der Waals surface area contributed by atoms with Crippen LogP contribution in [-0.4, -0.2) is 22.0 Å². The van der Waals surface area contributed by atoms with Crippen LogP contribution >= 0.6 is 0 Å². The lowest BCUT2D eigenvalue weighted by Crippen LogP contribution is -2.44. The van der Waals surface area contributed by atoms with Crippen LogP contribution in [0.2, 0.25) is 0 Å². The van der Waals surface area contributed by atoms with Crippen LogP contribution in [0.4, 0.5) is 0 Å². The summed E-state index contributed by atoms with van der Waals surface area (Å²) in [4.78, 5) is 23.8. The average Bonchev–Trinajstić information content (AvgIpc) is 2.55. The molecule has 0 fully saturated rings. The van der Waals surface area contributed by atoms with Crippen LogP contribution in [0.3, 0.4) is 0 Å². The molecule has 2 aromatic carbocycles. The third-order valence-electron chi connectivity index (χ3n) is 3.10. The van der Waals surface area contributed by atoms with E-state index in [-0.39, 0.29) is 5.56 Å². The minimum atomic E-state index is -1.31. The fourth-order valence-corrected chi connectivity index (χ4v) is 2.05. The van der Waals surface area contributed by atoms with Gasteiger partial charge in [0.15, 0.2) is 6.04 Å². The molecule has 0 aliphatic carbocycles. The van der Waals surface area contributed by atoms with Gasteiger partial charge in [-0.1, -0.05) is 36.4 Å². The molecule has 0 spiro atoms. The van der Waals surface area contributed by atoms with E-state index in [1.165, 1.54) is 18.2 Å². The van der Waals surface area contributed by atoms with Crippen LogP contribution in [-0.2, 0) is 4.79 Å². The van der Waals surface area contributed by atoms with E-state index in [9.17, 15) is 14.7 Å². The van der Waals surface area contributed by atoms with E-state index in [1.54, 1.807) is 36.4 Å². The van der Waals surface area contributed by atoms with E-state index in [4.69, 9.17) is 11.1 Å². The number of carboxylic acid groups (broad SMARTS) is 1. The minimum Gasteiger partial charge on any atom is -0.479 e. The quantitative estimate of drug-likeness (QED) is 0.507. The molecule has 0 aliphatic heterocycles. The molecule has 2 aromatic rings. The first-order valence-corrected chi connectivity index (χ1v) is 6.40. The van der Waals surface area contributed by atoms with Gasteiger partial charge < -0.3 is 5.11 Å². The number of carbonyl (C=O) groups is 2. The summed E-state index contributed by atoms with van der Waals surface area (Å²) in [7, 11) is 0. The van der Waals surface area contributed by atoms with Gasteiger partial charge in [0.25, 0.3) is 5.91 Å². The summed E-state index contributed by atoms with van der Waals surface area (Å²) in [5, 5.41) is 18.9. The van der Waals surface area contributed by atoms with Gasteiger partial charge in [-0.3, -0.25) is 9.80 Å². The molecular weight excluding hydrogens is 282 g/mol. The van der Waals surface area contributed by atoms with Crippen LogP contribution < -0.4 is 5.84 Å². The second kappa shape index (κ2) is 6.52. The highest BCUT2D eigenvalue weighted by atomic mass is 16.4. The third-order valence-corrected chi connectivity index (χ3v) is 3.10. The molecule has 0 unspecified atom stereocenters. The molecule has 0 aromatic heterocycles. The van der Waals surface area contributed by atoms with Gasteiger partial charge in [-0.15, -0.1) is 0 Å². The average molecular weight is 295 g/mol. The summed E-state index contributed by atoms with van der Waals surface area (Å²) in [6.07, 6.45) is 0. The topological polar surface area (TPSA) is 107 Å². The highest BCUT2D eigenvalue weighted by Gasteiger charge is 2.29. The lowest BCUT2D eigenvalue weighted by molar-refractivity contribution is -0.142. The Hall–Kier alpha value is -3.17. The molecule has 1 atom stereocenters. The number of hydrazine groups is 1. The first kappa shape index (κ1) is 15.2. The Kier molecular flexibility index (Phi) is 4.51. The Morgan fingerprint density at radius 3 is 2.41 bits per heavy atom. The van der Waals surface area contributed by atoms with Crippen molar-refractivity contribution in [1.29, 1.82) is 5.26 Å². The van der Waals surface area contributed by atoms with Crippen molar-refractivity contribution in [2.45, 2.75) is 6.04 Å². The summed E-state index contributed by atoms with van der Waals surface area (Å²) in [5.41, 5.74) is 0.844. The van der Waals surface area contributed by atoms with Crippen molar-refractivity contribution >= 4 is 11.9 Å². The summed E-state index contributed by atoms with van der Waals surface area (Å²) in [6.45, 7) is 0. The predicted octanol–water partition coefficient (Wildman–Crippen LogP) is 1.70. The number of hydrogen-bond donors (Lipinski definition) is 2. The van der Waals surface area contributed by atoms with Crippen LogP contribution in [0.1, 0.15) is 27.5 Å². The maximum Gasteiger partial charge on any atom is 0.332 e. The Balaban J connectivity index is 2.35. The molecule has 0 saturated heterocycles. The fourth-order valence-electron chi connectivity index (χ4n) is 2.05. The van der Waals surface area contributed by atoms with Gasteiger partial charge in [0, 0.05) is 5.56 Å². The van der Waals surface area contributed by atoms with E-state index < -0.39 is 17.9 Å². The Morgan fingerprint density at radius 1 is 1.14 bits per heavy atom. The number of nitrogens with zero attached hydrogens (tertiary/aromatic N) is 2. The van der Waals surface area contributed by atoms with Crippen molar-refractivity contribution in [3.8, 4) is 6.07 Å². The maximum absolute atomic E-state index is 12.4. The SMILES string of the molecule is N#Cc1cccc(C(=O)N(N)[C@@H](C(=O)O)c2ccccc2)c1. The molecule has 110 valence electrons. The van der Waals surface area contributed by atoms with Gasteiger partial charge >= 0.3 is 5.97 Å². The van der Waals surface area contributed by atoms with Crippen molar-refractivity contribution in [3.63, 3.8) is 0 Å². The Labute approximate surface area is 127 Å². The van der Waals surface area contributed by atoms with Gasteiger partial charge in [0.05, 0.1) is 11.6 Å². The molecule has 1 amide bonds. The van der Waals surface area contributed by atoms with Gasteiger partial charge in [-0.05, 0) is 23.8 Å². The first-order valence-electron chi connectivity index (χ1n) is 6.40. The zero-order valence-corrected chi connectivity index (χ0v) is 11.5. The lowest BCUT2D eigenvalue weighted by atomic mass is 10.1. The maximum atomic E-state index is 12.4. The number of carboxylic acids is 1. The summed E-state index contributed by atoms with van der Waals surface area (Å²) in [6, 6.07) is 14.8. The van der Waals surface area contributed by atoms with E-state index in [2.05, 4.69) is 0 Å². The number of aliphatic carboxylic acids is 1. The Morgan fingerprint density at radius 2 is 1.82 bits per heavy atom. The molecule has 0 radical (unpaired) electrons. The monoisotopic (exact) mass is 295 g/mol. The molecule has 0 saturated carbocycles. The lowest BCUT2D eigenvalue weighted by Gasteiger charge is -2.24. The van der Waals surface area contributed by atoms with Crippen LogP contribution in [0.15, 0.2) is 54.6 Å². The van der Waals surface area contributed by atoms with Crippen LogP contribution in [0.25, 0.3) is 0 Å². The van der Waals surface area contributed by atoms with E-state index in [1.807, 2.05) is 6.07 Å². The van der Waals surface area contributed by atoms with Crippen molar-refractivity contribution in [2.75, 3.05) is 0 Å². The summed E-state index contributed by atoms with van der Waals surface area (Å²) < 4.78 is 0. The largest absolute Gasteiger partial charge is 0.479 e. The molecule has 0 bridgehead atoms. The van der Waals surface area contributed by atoms with E-state index in [0.717, 1.165) is 0 Å². The molecule has 3 N–H and O–H groups in total. The van der Waals surface area contributed by atoms with Crippen molar-refractivity contribution in [3.05, 3.63) is 71.3 Å². The van der Waals surface area contributed by atoms with Gasteiger partial charge in [0.2, 0.25) is 0 Å². The second-order valence-corrected chi connectivity index (χ2v) is 4.56. The van der Waals surface area contributed by atoms with Gasteiger partial charge in [-0.2, -0.15) is 5.26 Å². The first-order chi connectivity index (χ1) is 10.5. The number of nitrogens with two attached hydrogens (primary N) is 1. The third kappa shape index (κ3) is 3.11.